The minimum Gasteiger partial charge on any atom is -0.334 e. The average Bonchev–Trinajstić information content (AvgIpc) is 2.89. The van der Waals surface area contributed by atoms with Crippen molar-refractivity contribution in [2.24, 2.45) is 0 Å². The van der Waals surface area contributed by atoms with E-state index in [-0.39, 0.29) is 17.5 Å². The number of nitrogens with zero attached hydrogens (tertiary/aromatic N) is 1. The maximum Gasteiger partial charge on any atom is 0.254 e. The maximum atomic E-state index is 12.4. The molecule has 2 N–H and O–H groups in total. The lowest BCUT2D eigenvalue weighted by molar-refractivity contribution is 0.0692. The van der Waals surface area contributed by atoms with E-state index in [1.54, 1.807) is 6.07 Å². The number of aromatic nitrogens is 1. The lowest BCUT2D eigenvalue weighted by Gasteiger charge is -2.28. The lowest BCUT2D eigenvalue weighted by Crippen LogP contribution is -2.42. The van der Waals surface area contributed by atoms with Gasteiger partial charge in [-0.15, -0.1) is 0 Å². The summed E-state index contributed by atoms with van der Waals surface area (Å²) in [5, 5.41) is 3.27. The summed E-state index contributed by atoms with van der Waals surface area (Å²) in [6.07, 6.45) is 3.42. The Hall–Kier alpha value is -1.62. The lowest BCUT2D eigenvalue weighted by atomic mass is 10.1. The van der Waals surface area contributed by atoms with Crippen molar-refractivity contribution in [2.75, 3.05) is 19.6 Å². The average molecular weight is 249 g/mol. The summed E-state index contributed by atoms with van der Waals surface area (Å²) < 4.78 is 0. The van der Waals surface area contributed by atoms with Gasteiger partial charge in [0.1, 0.15) is 0 Å². The Kier molecular flexibility index (Phi) is 4.15. The van der Waals surface area contributed by atoms with Crippen molar-refractivity contribution in [1.82, 2.24) is 15.2 Å². The number of aromatic amines is 1. The second kappa shape index (κ2) is 5.82. The van der Waals surface area contributed by atoms with Gasteiger partial charge in [0, 0.05) is 37.0 Å². The van der Waals surface area contributed by atoms with Crippen LogP contribution in [0.4, 0.5) is 0 Å². The van der Waals surface area contributed by atoms with E-state index in [2.05, 4.69) is 17.2 Å². The molecule has 0 spiro atoms. The molecular weight excluding hydrogens is 230 g/mol. The molecular formula is C13H19N3O2. The highest BCUT2D eigenvalue weighted by Gasteiger charge is 2.26. The van der Waals surface area contributed by atoms with Crippen molar-refractivity contribution >= 4 is 5.91 Å². The fraction of sp³-hybridized carbons (Fsp3) is 0.538. The molecule has 1 aromatic heterocycles. The summed E-state index contributed by atoms with van der Waals surface area (Å²) in [5.41, 5.74) is 0.237. The van der Waals surface area contributed by atoms with Crippen LogP contribution in [-0.2, 0) is 0 Å². The third-order valence-corrected chi connectivity index (χ3v) is 3.22. The van der Waals surface area contributed by atoms with Crippen LogP contribution in [0.25, 0.3) is 0 Å². The standard InChI is InChI=1S/C13H19N3O2/c1-2-7-16(11-4-5-14-9-11)13(18)10-3-6-15-12(17)8-10/h3,6,8,11,14H,2,4-5,7,9H2,1H3,(H,15,17). The first-order valence-corrected chi connectivity index (χ1v) is 6.43. The summed E-state index contributed by atoms with van der Waals surface area (Å²) in [5.74, 6) is -0.0448. The number of pyridine rings is 1. The van der Waals surface area contributed by atoms with Crippen LogP contribution in [0.3, 0.4) is 0 Å². The Balaban J connectivity index is 2.19. The topological polar surface area (TPSA) is 65.2 Å². The van der Waals surface area contributed by atoms with Gasteiger partial charge in [0.2, 0.25) is 5.56 Å². The van der Waals surface area contributed by atoms with Crippen LogP contribution < -0.4 is 10.9 Å². The van der Waals surface area contributed by atoms with Crippen LogP contribution >= 0.6 is 0 Å². The van der Waals surface area contributed by atoms with Crippen LogP contribution in [0, 0.1) is 0 Å². The largest absolute Gasteiger partial charge is 0.334 e. The van der Waals surface area contributed by atoms with E-state index in [9.17, 15) is 9.59 Å². The van der Waals surface area contributed by atoms with Gasteiger partial charge >= 0.3 is 0 Å². The third-order valence-electron chi connectivity index (χ3n) is 3.22. The Labute approximate surface area is 106 Å². The fourth-order valence-electron chi connectivity index (χ4n) is 2.34. The van der Waals surface area contributed by atoms with Crippen molar-refractivity contribution in [3.63, 3.8) is 0 Å². The molecule has 1 atom stereocenters. The Morgan fingerprint density at radius 2 is 2.39 bits per heavy atom. The van der Waals surface area contributed by atoms with Gasteiger partial charge in [-0.3, -0.25) is 9.59 Å². The van der Waals surface area contributed by atoms with Gasteiger partial charge in [0.25, 0.3) is 5.91 Å². The number of hydrogen-bond donors (Lipinski definition) is 2. The SMILES string of the molecule is CCCN(C(=O)c1cc[nH]c(=O)c1)C1CCNC1. The molecule has 1 aliphatic heterocycles. The van der Waals surface area contributed by atoms with Crippen LogP contribution in [0.5, 0.6) is 0 Å². The van der Waals surface area contributed by atoms with Gasteiger partial charge in [-0.1, -0.05) is 6.92 Å². The van der Waals surface area contributed by atoms with Crippen molar-refractivity contribution in [2.45, 2.75) is 25.8 Å². The quantitative estimate of drug-likeness (QED) is 0.820. The van der Waals surface area contributed by atoms with Crippen LogP contribution in [-0.4, -0.2) is 41.5 Å². The highest BCUT2D eigenvalue weighted by atomic mass is 16.2. The van der Waals surface area contributed by atoms with Crippen LogP contribution in [0.15, 0.2) is 23.1 Å². The summed E-state index contributed by atoms with van der Waals surface area (Å²) in [4.78, 5) is 28.1. The molecule has 1 aliphatic rings. The molecule has 0 aromatic carbocycles. The highest BCUT2D eigenvalue weighted by Crippen LogP contribution is 2.13. The normalized spacial score (nSPS) is 18.8. The first-order valence-electron chi connectivity index (χ1n) is 6.43. The number of nitrogens with one attached hydrogen (secondary N) is 2. The van der Waals surface area contributed by atoms with E-state index in [1.807, 2.05) is 4.90 Å². The van der Waals surface area contributed by atoms with E-state index in [0.717, 1.165) is 32.5 Å². The van der Waals surface area contributed by atoms with E-state index < -0.39 is 0 Å². The van der Waals surface area contributed by atoms with E-state index in [0.29, 0.717) is 5.56 Å². The summed E-state index contributed by atoms with van der Waals surface area (Å²) >= 11 is 0. The zero-order valence-electron chi connectivity index (χ0n) is 10.6. The summed E-state index contributed by atoms with van der Waals surface area (Å²) in [7, 11) is 0. The Morgan fingerprint density at radius 3 is 3.00 bits per heavy atom. The number of amides is 1. The number of carbonyl (C=O) groups is 1. The first-order chi connectivity index (χ1) is 8.72. The molecule has 2 rings (SSSR count). The molecule has 1 amide bonds. The fourth-order valence-corrected chi connectivity index (χ4v) is 2.34. The molecule has 1 saturated heterocycles. The predicted octanol–water partition coefficient (Wildman–Crippen LogP) is 0.589. The van der Waals surface area contributed by atoms with Gasteiger partial charge in [-0.25, -0.2) is 0 Å². The molecule has 1 unspecified atom stereocenters. The second-order valence-corrected chi connectivity index (χ2v) is 4.59. The van der Waals surface area contributed by atoms with E-state index in [1.165, 1.54) is 12.3 Å². The molecule has 18 heavy (non-hydrogen) atoms. The van der Waals surface area contributed by atoms with Crippen molar-refractivity contribution in [3.05, 3.63) is 34.2 Å². The van der Waals surface area contributed by atoms with Crippen molar-refractivity contribution in [3.8, 4) is 0 Å². The van der Waals surface area contributed by atoms with Crippen LogP contribution in [0.2, 0.25) is 0 Å². The molecule has 0 bridgehead atoms. The Morgan fingerprint density at radius 1 is 1.56 bits per heavy atom. The van der Waals surface area contributed by atoms with Gasteiger partial charge in [-0.05, 0) is 25.5 Å². The highest BCUT2D eigenvalue weighted by molar-refractivity contribution is 5.94. The number of hydrogen-bond acceptors (Lipinski definition) is 3. The zero-order chi connectivity index (χ0) is 13.0. The number of carbonyl (C=O) groups excluding carboxylic acids is 1. The molecule has 1 fully saturated rings. The minimum absolute atomic E-state index is 0.0448. The minimum atomic E-state index is -0.234. The molecule has 98 valence electrons. The van der Waals surface area contributed by atoms with Gasteiger partial charge in [0.05, 0.1) is 0 Å². The molecule has 2 heterocycles. The van der Waals surface area contributed by atoms with Gasteiger partial charge in [0.15, 0.2) is 0 Å². The Bertz CT molecular complexity index is 463. The first kappa shape index (κ1) is 12.8. The second-order valence-electron chi connectivity index (χ2n) is 4.59. The molecule has 0 aliphatic carbocycles. The summed E-state index contributed by atoms with van der Waals surface area (Å²) in [6.45, 7) is 4.58. The van der Waals surface area contributed by atoms with E-state index >= 15 is 0 Å². The number of rotatable bonds is 4. The third kappa shape index (κ3) is 2.79. The molecule has 0 saturated carbocycles. The van der Waals surface area contributed by atoms with Crippen molar-refractivity contribution < 1.29 is 4.79 Å². The summed E-state index contributed by atoms with van der Waals surface area (Å²) in [6, 6.07) is 3.28. The predicted molar refractivity (Wildman–Crippen MR) is 69.7 cm³/mol. The molecule has 5 heteroatoms. The number of H-pyrrole nitrogens is 1. The van der Waals surface area contributed by atoms with Crippen molar-refractivity contribution in [1.29, 1.82) is 0 Å². The van der Waals surface area contributed by atoms with Gasteiger partial charge in [-0.2, -0.15) is 0 Å². The molecule has 1 aromatic rings. The maximum absolute atomic E-state index is 12.4. The van der Waals surface area contributed by atoms with E-state index in [4.69, 9.17) is 0 Å². The smallest absolute Gasteiger partial charge is 0.254 e. The molecule has 0 radical (unpaired) electrons. The van der Waals surface area contributed by atoms with Crippen LogP contribution in [0.1, 0.15) is 30.1 Å². The van der Waals surface area contributed by atoms with Gasteiger partial charge < -0.3 is 15.2 Å². The monoisotopic (exact) mass is 249 g/mol. The molecule has 5 nitrogen and oxygen atoms in total. The zero-order valence-corrected chi connectivity index (χ0v) is 10.6.